The number of aromatic amines is 1. The van der Waals surface area contributed by atoms with Gasteiger partial charge in [-0.15, -0.1) is 6.58 Å². The molecule has 1 unspecified atom stereocenters. The van der Waals surface area contributed by atoms with E-state index in [1.54, 1.807) is 19.4 Å². The van der Waals surface area contributed by atoms with Crippen molar-refractivity contribution in [2.45, 2.75) is 25.3 Å². The van der Waals surface area contributed by atoms with Gasteiger partial charge in [-0.1, -0.05) is 25.0 Å². The number of anilines is 3. The van der Waals surface area contributed by atoms with E-state index in [-0.39, 0.29) is 0 Å². The minimum absolute atomic E-state index is 0.392. The SMILES string of the molecule is C=CCNc1nc(Nc2ccc(CCC(CCNS)N3CCOCC3)cc2OC)nc2[nH]cc(C#N)c12. The molecule has 1 atom stereocenters. The molecular formula is C26H34N8O2S. The van der Waals surface area contributed by atoms with Crippen LogP contribution in [0, 0.1) is 11.3 Å². The van der Waals surface area contributed by atoms with Gasteiger partial charge in [-0.2, -0.15) is 15.2 Å². The molecule has 11 heteroatoms. The first kappa shape index (κ1) is 26.8. The Labute approximate surface area is 223 Å². The average molecular weight is 523 g/mol. The van der Waals surface area contributed by atoms with E-state index >= 15 is 0 Å². The van der Waals surface area contributed by atoms with Gasteiger partial charge in [-0.3, -0.25) is 9.62 Å². The highest BCUT2D eigenvalue weighted by Gasteiger charge is 2.21. The molecule has 0 saturated carbocycles. The van der Waals surface area contributed by atoms with E-state index < -0.39 is 0 Å². The second kappa shape index (κ2) is 13.3. The Bertz CT molecular complexity index is 1240. The van der Waals surface area contributed by atoms with Crippen LogP contribution >= 0.6 is 12.8 Å². The van der Waals surface area contributed by atoms with E-state index in [0.717, 1.165) is 57.8 Å². The fourth-order valence-electron chi connectivity index (χ4n) is 4.61. The zero-order chi connectivity index (χ0) is 26.0. The van der Waals surface area contributed by atoms with Gasteiger partial charge in [0.1, 0.15) is 23.3 Å². The lowest BCUT2D eigenvalue weighted by Gasteiger charge is -2.34. The first-order valence-corrected chi connectivity index (χ1v) is 12.9. The normalized spacial score (nSPS) is 14.7. The molecule has 4 N–H and O–H groups in total. The van der Waals surface area contributed by atoms with Crippen LogP contribution in [0.1, 0.15) is 24.0 Å². The second-order valence-electron chi connectivity index (χ2n) is 8.80. The minimum atomic E-state index is 0.392. The third kappa shape index (κ3) is 6.72. The van der Waals surface area contributed by atoms with Crippen LogP contribution in [0.4, 0.5) is 17.5 Å². The number of thiol groups is 1. The van der Waals surface area contributed by atoms with E-state index in [1.807, 2.05) is 6.07 Å². The molecule has 4 rings (SSSR count). The lowest BCUT2D eigenvalue weighted by Crippen LogP contribution is -2.44. The quantitative estimate of drug-likeness (QED) is 0.169. The van der Waals surface area contributed by atoms with Crippen LogP contribution in [0.2, 0.25) is 0 Å². The number of nitriles is 1. The highest BCUT2D eigenvalue weighted by atomic mass is 32.1. The molecule has 0 spiro atoms. The topological polar surface area (TPSA) is 123 Å². The van der Waals surface area contributed by atoms with Crippen LogP contribution in [-0.2, 0) is 11.2 Å². The number of benzene rings is 1. The Morgan fingerprint density at radius 1 is 1.32 bits per heavy atom. The van der Waals surface area contributed by atoms with Gasteiger partial charge in [0.15, 0.2) is 0 Å². The van der Waals surface area contributed by atoms with Crippen LogP contribution in [-0.4, -0.2) is 72.4 Å². The summed E-state index contributed by atoms with van der Waals surface area (Å²) in [6.07, 6.45) is 6.38. The average Bonchev–Trinajstić information content (AvgIpc) is 3.36. The van der Waals surface area contributed by atoms with Crippen molar-refractivity contribution < 1.29 is 9.47 Å². The number of hydrogen-bond donors (Lipinski definition) is 5. The molecule has 2 aromatic heterocycles. The van der Waals surface area contributed by atoms with Crippen LogP contribution in [0.3, 0.4) is 0 Å². The van der Waals surface area contributed by atoms with Gasteiger partial charge in [-0.25, -0.2) is 0 Å². The van der Waals surface area contributed by atoms with Crippen molar-refractivity contribution in [3.05, 3.63) is 48.2 Å². The molecule has 0 amide bonds. The molecule has 0 aliphatic carbocycles. The number of aryl methyl sites for hydroxylation is 1. The van der Waals surface area contributed by atoms with Gasteiger partial charge in [0.2, 0.25) is 5.95 Å². The van der Waals surface area contributed by atoms with Crippen LogP contribution in [0.15, 0.2) is 37.1 Å². The summed E-state index contributed by atoms with van der Waals surface area (Å²) < 4.78 is 14.2. The molecule has 37 heavy (non-hydrogen) atoms. The van der Waals surface area contributed by atoms with Gasteiger partial charge in [0.05, 0.1) is 37.0 Å². The summed E-state index contributed by atoms with van der Waals surface area (Å²) in [5.41, 5.74) is 3.01. The number of nitrogens with one attached hydrogen (secondary N) is 4. The summed E-state index contributed by atoms with van der Waals surface area (Å²) in [6.45, 7) is 8.63. The Morgan fingerprint density at radius 3 is 2.89 bits per heavy atom. The number of fused-ring (bicyclic) bond motifs is 1. The number of rotatable bonds is 13. The first-order chi connectivity index (χ1) is 18.2. The maximum absolute atomic E-state index is 9.45. The molecule has 3 aromatic rings. The van der Waals surface area contributed by atoms with Crippen molar-refractivity contribution in [3.63, 3.8) is 0 Å². The van der Waals surface area contributed by atoms with Crippen molar-refractivity contribution in [2.24, 2.45) is 0 Å². The zero-order valence-electron chi connectivity index (χ0n) is 21.1. The second-order valence-corrected chi connectivity index (χ2v) is 9.12. The van der Waals surface area contributed by atoms with E-state index in [4.69, 9.17) is 9.47 Å². The van der Waals surface area contributed by atoms with Crippen LogP contribution in [0.5, 0.6) is 5.75 Å². The third-order valence-corrected chi connectivity index (χ3v) is 6.72. The molecule has 1 aliphatic heterocycles. The van der Waals surface area contributed by atoms with Crippen molar-refractivity contribution in [2.75, 3.05) is 57.1 Å². The number of ether oxygens (including phenoxy) is 2. The van der Waals surface area contributed by atoms with Gasteiger partial charge in [0, 0.05) is 38.4 Å². The number of morpholine rings is 1. The summed E-state index contributed by atoms with van der Waals surface area (Å²) in [5, 5.41) is 16.6. The Kier molecular flexibility index (Phi) is 9.62. The lowest BCUT2D eigenvalue weighted by molar-refractivity contribution is 0.0134. The largest absolute Gasteiger partial charge is 0.495 e. The lowest BCUT2D eigenvalue weighted by atomic mass is 10.0. The van der Waals surface area contributed by atoms with E-state index in [2.05, 4.69) is 72.8 Å². The molecule has 1 aliphatic rings. The molecule has 1 fully saturated rings. The number of H-pyrrole nitrogens is 1. The van der Waals surface area contributed by atoms with E-state index in [0.29, 0.717) is 46.7 Å². The predicted octanol–water partition coefficient (Wildman–Crippen LogP) is 3.64. The van der Waals surface area contributed by atoms with Gasteiger partial charge in [-0.05, 0) is 37.0 Å². The molecular weight excluding hydrogens is 488 g/mol. The summed E-state index contributed by atoms with van der Waals surface area (Å²) in [5.74, 6) is 1.67. The summed E-state index contributed by atoms with van der Waals surface area (Å²) in [6, 6.07) is 8.81. The number of hydrogen-bond acceptors (Lipinski definition) is 10. The zero-order valence-corrected chi connectivity index (χ0v) is 22.0. The Balaban J connectivity index is 1.50. The van der Waals surface area contributed by atoms with Crippen molar-refractivity contribution in [3.8, 4) is 11.8 Å². The summed E-state index contributed by atoms with van der Waals surface area (Å²) in [7, 11) is 1.66. The number of methoxy groups -OCH3 is 1. The fraction of sp³-hybridized carbons (Fsp3) is 0.423. The first-order valence-electron chi connectivity index (χ1n) is 12.4. The predicted molar refractivity (Wildman–Crippen MR) is 150 cm³/mol. The van der Waals surface area contributed by atoms with E-state index in [1.165, 1.54) is 5.56 Å². The molecule has 1 saturated heterocycles. The molecule has 196 valence electrons. The van der Waals surface area contributed by atoms with Crippen molar-refractivity contribution in [1.29, 1.82) is 5.26 Å². The third-order valence-electron chi connectivity index (χ3n) is 6.50. The van der Waals surface area contributed by atoms with Gasteiger partial charge >= 0.3 is 0 Å². The number of nitrogens with zero attached hydrogens (tertiary/aromatic N) is 4. The van der Waals surface area contributed by atoms with Crippen molar-refractivity contribution >= 4 is 41.3 Å². The Hall–Kier alpha value is -3.30. The molecule has 10 nitrogen and oxygen atoms in total. The summed E-state index contributed by atoms with van der Waals surface area (Å²) >= 11 is 4.17. The molecule has 0 bridgehead atoms. The maximum Gasteiger partial charge on any atom is 0.231 e. The highest BCUT2D eigenvalue weighted by Crippen LogP contribution is 2.31. The van der Waals surface area contributed by atoms with Crippen molar-refractivity contribution in [1.82, 2.24) is 24.6 Å². The monoisotopic (exact) mass is 522 g/mol. The van der Waals surface area contributed by atoms with Gasteiger partial charge in [0.25, 0.3) is 0 Å². The maximum atomic E-state index is 9.45. The molecule has 0 radical (unpaired) electrons. The van der Waals surface area contributed by atoms with Crippen LogP contribution < -0.4 is 20.1 Å². The fourth-order valence-corrected chi connectivity index (χ4v) is 4.73. The highest BCUT2D eigenvalue weighted by molar-refractivity contribution is 7.78. The smallest absolute Gasteiger partial charge is 0.231 e. The van der Waals surface area contributed by atoms with Crippen LogP contribution in [0.25, 0.3) is 11.0 Å². The molecule has 1 aromatic carbocycles. The molecule has 3 heterocycles. The standard InChI is InChI=1S/C26H34N8O2S/c1-3-9-28-24-23-19(16-27)17-29-25(23)33-26(32-24)31-21-7-5-18(15-22(21)35-2)4-6-20(8-10-30-37)34-11-13-36-14-12-34/h3,5,7,15,17,20,30,37H,1,4,6,8-14H2,2H3,(H3,28,29,31,32,33). The minimum Gasteiger partial charge on any atom is -0.495 e. The Morgan fingerprint density at radius 2 is 2.16 bits per heavy atom. The van der Waals surface area contributed by atoms with Gasteiger partial charge < -0.3 is 25.1 Å². The van der Waals surface area contributed by atoms with E-state index in [9.17, 15) is 5.26 Å². The number of aromatic nitrogens is 3. The summed E-state index contributed by atoms with van der Waals surface area (Å²) in [4.78, 5) is 14.8.